The molecule has 65 heavy (non-hydrogen) atoms. The zero-order chi connectivity index (χ0) is 42.8. The van der Waals surface area contributed by atoms with E-state index in [9.17, 15) is 0 Å². The van der Waals surface area contributed by atoms with Gasteiger partial charge in [0, 0.05) is 33.3 Å². The standard InChI is InChI=1S/C61H38N2O2/c1-3-14-39(15-4-1)40-26-31-46(32-27-40)63(47-33-28-41(29-34-47)54-36-43-18-7-9-20-48(43)51-22-11-12-23-52(51)54)55-37-44-19-8-10-21-50(44)60-58(55)53-35-30-45(38-57(53)64-60)49-24-13-25-56-59(49)62-61(65-56)42-16-5-2-6-17-42/h1-38H. The van der Waals surface area contributed by atoms with E-state index in [0.717, 1.165) is 88.7 Å². The second kappa shape index (κ2) is 15.0. The lowest BCUT2D eigenvalue weighted by molar-refractivity contribution is 0.620. The summed E-state index contributed by atoms with van der Waals surface area (Å²) < 4.78 is 13.3. The third-order valence-corrected chi connectivity index (χ3v) is 12.9. The molecule has 0 amide bonds. The van der Waals surface area contributed by atoms with Crippen LogP contribution in [0.2, 0.25) is 0 Å². The van der Waals surface area contributed by atoms with Crippen LogP contribution >= 0.6 is 0 Å². The van der Waals surface area contributed by atoms with Crippen LogP contribution in [0.15, 0.2) is 239 Å². The van der Waals surface area contributed by atoms with E-state index in [4.69, 9.17) is 13.8 Å². The van der Waals surface area contributed by atoms with Crippen LogP contribution in [-0.2, 0) is 0 Å². The minimum atomic E-state index is 0.601. The van der Waals surface area contributed by atoms with Gasteiger partial charge >= 0.3 is 0 Å². The van der Waals surface area contributed by atoms with Crippen LogP contribution < -0.4 is 4.90 Å². The van der Waals surface area contributed by atoms with Gasteiger partial charge < -0.3 is 13.7 Å². The van der Waals surface area contributed by atoms with Crippen molar-refractivity contribution in [2.24, 2.45) is 0 Å². The quantitative estimate of drug-likeness (QED) is 0.150. The minimum Gasteiger partial charge on any atom is -0.455 e. The van der Waals surface area contributed by atoms with Crippen molar-refractivity contribution in [3.05, 3.63) is 231 Å². The molecule has 11 aromatic carbocycles. The molecule has 2 aromatic heterocycles. The van der Waals surface area contributed by atoms with Gasteiger partial charge in [-0.1, -0.05) is 164 Å². The molecule has 0 aliphatic heterocycles. The summed E-state index contributed by atoms with van der Waals surface area (Å²) in [5, 5.41) is 9.24. The summed E-state index contributed by atoms with van der Waals surface area (Å²) in [7, 11) is 0. The van der Waals surface area contributed by atoms with E-state index in [-0.39, 0.29) is 0 Å². The van der Waals surface area contributed by atoms with Crippen molar-refractivity contribution >= 4 is 82.4 Å². The van der Waals surface area contributed by atoms with Gasteiger partial charge in [0.1, 0.15) is 16.7 Å². The fourth-order valence-corrected chi connectivity index (χ4v) is 9.76. The molecule has 2 heterocycles. The van der Waals surface area contributed by atoms with Gasteiger partial charge in [0.05, 0.1) is 11.1 Å². The molecular weight excluding hydrogens is 793 g/mol. The number of hydrogen-bond donors (Lipinski definition) is 0. The molecule has 0 spiro atoms. The van der Waals surface area contributed by atoms with Crippen LogP contribution in [0.25, 0.3) is 110 Å². The van der Waals surface area contributed by atoms with Crippen molar-refractivity contribution in [3.8, 4) is 44.8 Å². The smallest absolute Gasteiger partial charge is 0.227 e. The number of fused-ring (bicyclic) bond motifs is 9. The average molecular weight is 831 g/mol. The molecular formula is C61H38N2O2. The molecule has 0 unspecified atom stereocenters. The highest BCUT2D eigenvalue weighted by Gasteiger charge is 2.23. The van der Waals surface area contributed by atoms with Gasteiger partial charge in [-0.3, -0.25) is 0 Å². The van der Waals surface area contributed by atoms with Gasteiger partial charge in [-0.25, -0.2) is 4.98 Å². The van der Waals surface area contributed by atoms with Gasteiger partial charge in [-0.2, -0.15) is 0 Å². The van der Waals surface area contributed by atoms with Crippen LogP contribution in [0.1, 0.15) is 0 Å². The van der Waals surface area contributed by atoms with Gasteiger partial charge in [0.15, 0.2) is 5.58 Å². The van der Waals surface area contributed by atoms with Gasteiger partial charge in [0.25, 0.3) is 0 Å². The molecule has 4 heteroatoms. The number of furan rings is 1. The third-order valence-electron chi connectivity index (χ3n) is 12.9. The molecule has 0 bridgehead atoms. The predicted molar refractivity (Wildman–Crippen MR) is 270 cm³/mol. The van der Waals surface area contributed by atoms with E-state index in [1.54, 1.807) is 0 Å². The Morgan fingerprint density at radius 1 is 0.338 bits per heavy atom. The minimum absolute atomic E-state index is 0.601. The number of benzene rings is 11. The first kappa shape index (κ1) is 36.9. The van der Waals surface area contributed by atoms with Crippen molar-refractivity contribution in [2.45, 2.75) is 0 Å². The molecule has 0 N–H and O–H groups in total. The summed E-state index contributed by atoms with van der Waals surface area (Å²) >= 11 is 0. The van der Waals surface area contributed by atoms with Gasteiger partial charge in [-0.15, -0.1) is 0 Å². The normalized spacial score (nSPS) is 11.7. The van der Waals surface area contributed by atoms with Crippen LogP contribution in [0, 0.1) is 0 Å². The lowest BCUT2D eigenvalue weighted by atomic mass is 9.93. The first-order valence-corrected chi connectivity index (χ1v) is 22.0. The van der Waals surface area contributed by atoms with Gasteiger partial charge in [-0.05, 0) is 121 Å². The Morgan fingerprint density at radius 2 is 0.923 bits per heavy atom. The van der Waals surface area contributed by atoms with Crippen molar-refractivity contribution in [1.29, 1.82) is 0 Å². The zero-order valence-electron chi connectivity index (χ0n) is 35.2. The molecule has 0 radical (unpaired) electrons. The fourth-order valence-electron chi connectivity index (χ4n) is 9.76. The Balaban J connectivity index is 1.00. The monoisotopic (exact) mass is 830 g/mol. The summed E-state index contributed by atoms with van der Waals surface area (Å²) in [6, 6.07) is 81.8. The number of rotatable bonds is 7. The number of aromatic nitrogens is 1. The van der Waals surface area contributed by atoms with Crippen molar-refractivity contribution in [1.82, 2.24) is 4.98 Å². The topological polar surface area (TPSA) is 42.4 Å². The lowest BCUT2D eigenvalue weighted by Crippen LogP contribution is -2.10. The second-order valence-corrected chi connectivity index (χ2v) is 16.7. The summed E-state index contributed by atoms with van der Waals surface area (Å²) in [4.78, 5) is 7.39. The summed E-state index contributed by atoms with van der Waals surface area (Å²) in [5.41, 5.74) is 14.0. The number of oxazole rings is 1. The molecule has 0 fully saturated rings. The van der Waals surface area contributed by atoms with Gasteiger partial charge in [0.2, 0.25) is 5.89 Å². The first-order chi connectivity index (χ1) is 32.2. The molecule has 0 saturated heterocycles. The Labute approximate surface area is 374 Å². The summed E-state index contributed by atoms with van der Waals surface area (Å²) in [6.07, 6.45) is 0. The Morgan fingerprint density at radius 3 is 1.66 bits per heavy atom. The number of para-hydroxylation sites is 1. The van der Waals surface area contributed by atoms with E-state index >= 15 is 0 Å². The average Bonchev–Trinajstić information content (AvgIpc) is 4.00. The number of anilines is 3. The van der Waals surface area contributed by atoms with Crippen LogP contribution in [0.5, 0.6) is 0 Å². The number of hydrogen-bond acceptors (Lipinski definition) is 4. The van der Waals surface area contributed by atoms with Crippen molar-refractivity contribution < 1.29 is 8.83 Å². The second-order valence-electron chi connectivity index (χ2n) is 16.7. The third kappa shape index (κ3) is 6.18. The van der Waals surface area contributed by atoms with E-state index < -0.39 is 0 Å². The number of nitrogens with zero attached hydrogens (tertiary/aromatic N) is 2. The summed E-state index contributed by atoms with van der Waals surface area (Å²) in [6.45, 7) is 0. The highest BCUT2D eigenvalue weighted by atomic mass is 16.3. The SMILES string of the molecule is c1ccc(-c2ccc(N(c3ccc(-c4cc5ccccc5c5ccccc45)cc3)c3cc4ccccc4c4oc5cc(-c6cccc7oc(-c8ccccc8)nc67)ccc5c34)cc2)cc1. The maximum atomic E-state index is 7.04. The summed E-state index contributed by atoms with van der Waals surface area (Å²) in [5.74, 6) is 0.601. The molecule has 4 nitrogen and oxygen atoms in total. The van der Waals surface area contributed by atoms with E-state index in [1.807, 2.05) is 42.5 Å². The molecule has 0 aliphatic carbocycles. The van der Waals surface area contributed by atoms with E-state index in [2.05, 4.69) is 193 Å². The molecule has 0 atom stereocenters. The first-order valence-electron chi connectivity index (χ1n) is 22.0. The predicted octanol–water partition coefficient (Wildman–Crippen LogP) is 17.3. The maximum absolute atomic E-state index is 7.04. The van der Waals surface area contributed by atoms with Crippen LogP contribution in [0.4, 0.5) is 17.1 Å². The Bertz CT molecular complexity index is 3930. The highest BCUT2D eigenvalue weighted by Crippen LogP contribution is 2.48. The zero-order valence-corrected chi connectivity index (χ0v) is 35.2. The highest BCUT2D eigenvalue weighted by molar-refractivity contribution is 6.22. The van der Waals surface area contributed by atoms with Crippen molar-refractivity contribution in [2.75, 3.05) is 4.90 Å². The maximum Gasteiger partial charge on any atom is 0.227 e. The van der Waals surface area contributed by atoms with Crippen molar-refractivity contribution in [3.63, 3.8) is 0 Å². The molecule has 0 aliphatic rings. The Hall–Kier alpha value is -8.73. The molecule has 13 aromatic rings. The fraction of sp³-hybridized carbons (Fsp3) is 0. The van der Waals surface area contributed by atoms with Crippen LogP contribution in [-0.4, -0.2) is 4.98 Å². The van der Waals surface area contributed by atoms with E-state index in [0.29, 0.717) is 5.89 Å². The molecule has 0 saturated carbocycles. The van der Waals surface area contributed by atoms with Crippen LogP contribution in [0.3, 0.4) is 0 Å². The Kier molecular flexibility index (Phi) is 8.50. The molecule has 13 rings (SSSR count). The lowest BCUT2D eigenvalue weighted by Gasteiger charge is -2.27. The largest absolute Gasteiger partial charge is 0.455 e. The van der Waals surface area contributed by atoms with E-state index in [1.165, 1.54) is 32.7 Å². The molecule has 304 valence electrons.